The Balaban J connectivity index is 2.24. The number of carboxylic acids is 1. The Labute approximate surface area is 163 Å². The van der Waals surface area contributed by atoms with E-state index in [1.165, 1.54) is 11.1 Å². The van der Waals surface area contributed by atoms with Crippen molar-refractivity contribution in [1.29, 1.82) is 0 Å². The predicted molar refractivity (Wildman–Crippen MR) is 114 cm³/mol. The zero-order valence-corrected chi connectivity index (χ0v) is 17.5. The van der Waals surface area contributed by atoms with Crippen LogP contribution in [0.4, 0.5) is 0 Å². The molecular weight excluding hydrogens is 332 g/mol. The predicted octanol–water partition coefficient (Wildman–Crippen LogP) is 6.38. The number of carboxylic acid groups (broad SMARTS) is 1. The van der Waals surface area contributed by atoms with E-state index in [0.29, 0.717) is 6.42 Å². The van der Waals surface area contributed by atoms with E-state index in [4.69, 9.17) is 0 Å². The number of aliphatic carboxylic acids is 1. The van der Waals surface area contributed by atoms with Crippen molar-refractivity contribution in [2.45, 2.75) is 65.2 Å². The van der Waals surface area contributed by atoms with E-state index in [2.05, 4.69) is 90.1 Å². The summed E-state index contributed by atoms with van der Waals surface area (Å²) in [5.74, 6) is -0.793. The van der Waals surface area contributed by atoms with Gasteiger partial charge in [-0.1, -0.05) is 102 Å². The SMILES string of the molecule is CC(C)(C)c1ccc(/C=C(/CC(=O)O)Cc2ccc(C(C)(C)C)cc2)cc1. The highest BCUT2D eigenvalue weighted by atomic mass is 16.4. The summed E-state index contributed by atoms with van der Waals surface area (Å²) in [6, 6.07) is 16.9. The second-order valence-electron chi connectivity index (χ2n) is 9.37. The van der Waals surface area contributed by atoms with Crippen LogP contribution in [0.25, 0.3) is 6.08 Å². The Morgan fingerprint density at radius 1 is 0.815 bits per heavy atom. The molecule has 2 nitrogen and oxygen atoms in total. The summed E-state index contributed by atoms with van der Waals surface area (Å²) in [5.41, 5.74) is 5.89. The Kier molecular flexibility index (Phi) is 6.30. The van der Waals surface area contributed by atoms with Crippen LogP contribution in [0.15, 0.2) is 54.1 Å². The normalized spacial score (nSPS) is 12.9. The zero-order chi connectivity index (χ0) is 20.2. The van der Waals surface area contributed by atoms with E-state index in [1.54, 1.807) is 0 Å². The Bertz CT molecular complexity index is 795. The Morgan fingerprint density at radius 3 is 1.67 bits per heavy atom. The molecule has 0 radical (unpaired) electrons. The van der Waals surface area contributed by atoms with E-state index in [0.717, 1.165) is 16.7 Å². The van der Waals surface area contributed by atoms with Crippen molar-refractivity contribution in [2.75, 3.05) is 0 Å². The van der Waals surface area contributed by atoms with Crippen molar-refractivity contribution in [3.8, 4) is 0 Å². The highest BCUT2D eigenvalue weighted by Gasteiger charge is 2.14. The molecule has 0 fully saturated rings. The lowest BCUT2D eigenvalue weighted by atomic mass is 9.86. The van der Waals surface area contributed by atoms with Gasteiger partial charge in [0.2, 0.25) is 0 Å². The van der Waals surface area contributed by atoms with Crippen molar-refractivity contribution in [3.05, 3.63) is 76.4 Å². The summed E-state index contributed by atoms with van der Waals surface area (Å²) < 4.78 is 0. The van der Waals surface area contributed by atoms with Crippen LogP contribution >= 0.6 is 0 Å². The summed E-state index contributed by atoms with van der Waals surface area (Å²) >= 11 is 0. The molecule has 0 aliphatic carbocycles. The van der Waals surface area contributed by atoms with Crippen LogP contribution in [0.5, 0.6) is 0 Å². The number of carbonyl (C=O) groups is 1. The van der Waals surface area contributed by atoms with Gasteiger partial charge < -0.3 is 5.11 Å². The molecule has 2 rings (SSSR count). The quantitative estimate of drug-likeness (QED) is 0.668. The molecule has 144 valence electrons. The summed E-state index contributed by atoms with van der Waals surface area (Å²) in [7, 11) is 0. The molecule has 1 N–H and O–H groups in total. The standard InChI is InChI=1S/C25H32O2/c1-24(2,3)21-11-7-18(8-12-21)15-20(17-23(26)27)16-19-9-13-22(14-10-19)25(4,5)6/h7-15H,16-17H2,1-6H3,(H,26,27)/b20-15+. The van der Waals surface area contributed by atoms with Crippen molar-refractivity contribution in [1.82, 2.24) is 0 Å². The second kappa shape index (κ2) is 8.12. The van der Waals surface area contributed by atoms with Crippen LogP contribution in [0.1, 0.15) is 70.2 Å². The Hall–Kier alpha value is -2.35. The molecule has 2 aromatic carbocycles. The van der Waals surface area contributed by atoms with E-state index in [9.17, 15) is 9.90 Å². The molecule has 0 aliphatic heterocycles. The molecule has 0 saturated carbocycles. The van der Waals surface area contributed by atoms with Gasteiger partial charge in [-0.2, -0.15) is 0 Å². The van der Waals surface area contributed by atoms with E-state index in [-0.39, 0.29) is 17.3 Å². The van der Waals surface area contributed by atoms with Crippen molar-refractivity contribution in [2.24, 2.45) is 0 Å². The highest BCUT2D eigenvalue weighted by Crippen LogP contribution is 2.25. The number of rotatable bonds is 5. The third-order valence-electron chi connectivity index (χ3n) is 4.78. The van der Waals surface area contributed by atoms with Crippen LogP contribution in [0.3, 0.4) is 0 Å². The van der Waals surface area contributed by atoms with Gasteiger partial charge in [-0.05, 0) is 39.5 Å². The first-order valence-corrected chi connectivity index (χ1v) is 9.56. The first kappa shape index (κ1) is 21.0. The second-order valence-corrected chi connectivity index (χ2v) is 9.37. The lowest BCUT2D eigenvalue weighted by Crippen LogP contribution is -2.10. The fourth-order valence-electron chi connectivity index (χ4n) is 3.06. The summed E-state index contributed by atoms with van der Waals surface area (Å²) in [6.07, 6.45) is 2.72. The summed E-state index contributed by atoms with van der Waals surface area (Å²) in [6.45, 7) is 13.1. The van der Waals surface area contributed by atoms with Gasteiger partial charge in [0, 0.05) is 0 Å². The lowest BCUT2D eigenvalue weighted by Gasteiger charge is -2.19. The molecule has 0 spiro atoms. The molecule has 0 heterocycles. The number of hydrogen-bond acceptors (Lipinski definition) is 1. The molecule has 0 bridgehead atoms. The molecule has 2 heteroatoms. The van der Waals surface area contributed by atoms with E-state index < -0.39 is 5.97 Å². The molecule has 0 unspecified atom stereocenters. The molecule has 0 saturated heterocycles. The maximum atomic E-state index is 11.3. The van der Waals surface area contributed by atoms with Gasteiger partial charge in [0.1, 0.15) is 0 Å². The first-order valence-electron chi connectivity index (χ1n) is 9.56. The average molecular weight is 365 g/mol. The fraction of sp³-hybridized carbons (Fsp3) is 0.400. The maximum Gasteiger partial charge on any atom is 0.307 e. The zero-order valence-electron chi connectivity index (χ0n) is 17.5. The number of benzene rings is 2. The largest absolute Gasteiger partial charge is 0.481 e. The molecule has 0 atom stereocenters. The van der Waals surface area contributed by atoms with Crippen LogP contribution in [-0.2, 0) is 22.0 Å². The van der Waals surface area contributed by atoms with Crippen LogP contribution in [-0.4, -0.2) is 11.1 Å². The molecule has 0 amide bonds. The topological polar surface area (TPSA) is 37.3 Å². The van der Waals surface area contributed by atoms with Crippen LogP contribution < -0.4 is 0 Å². The Morgan fingerprint density at radius 2 is 1.26 bits per heavy atom. The van der Waals surface area contributed by atoms with Gasteiger partial charge in [-0.3, -0.25) is 4.79 Å². The third-order valence-corrected chi connectivity index (χ3v) is 4.78. The molecule has 2 aromatic rings. The fourth-order valence-corrected chi connectivity index (χ4v) is 3.06. The summed E-state index contributed by atoms with van der Waals surface area (Å²) in [5, 5.41) is 9.30. The molecule has 0 aliphatic rings. The molecule has 27 heavy (non-hydrogen) atoms. The van der Waals surface area contributed by atoms with Gasteiger partial charge >= 0.3 is 5.97 Å². The number of hydrogen-bond donors (Lipinski definition) is 1. The minimum atomic E-state index is -0.793. The van der Waals surface area contributed by atoms with Crippen LogP contribution in [0, 0.1) is 0 Å². The minimum absolute atomic E-state index is 0.0576. The third kappa shape index (κ3) is 6.39. The van der Waals surface area contributed by atoms with Crippen molar-refractivity contribution in [3.63, 3.8) is 0 Å². The maximum absolute atomic E-state index is 11.3. The molecular formula is C25H32O2. The van der Waals surface area contributed by atoms with Crippen molar-refractivity contribution < 1.29 is 9.90 Å². The van der Waals surface area contributed by atoms with Crippen LogP contribution in [0.2, 0.25) is 0 Å². The van der Waals surface area contributed by atoms with Gasteiger partial charge in [0.05, 0.1) is 6.42 Å². The van der Waals surface area contributed by atoms with Gasteiger partial charge in [0.25, 0.3) is 0 Å². The molecule has 0 aromatic heterocycles. The first-order chi connectivity index (χ1) is 12.4. The summed E-state index contributed by atoms with van der Waals surface area (Å²) in [4.78, 5) is 11.3. The highest BCUT2D eigenvalue weighted by molar-refractivity contribution is 5.73. The monoisotopic (exact) mass is 364 g/mol. The van der Waals surface area contributed by atoms with Gasteiger partial charge in [-0.15, -0.1) is 0 Å². The van der Waals surface area contributed by atoms with Crippen molar-refractivity contribution >= 4 is 12.0 Å². The smallest absolute Gasteiger partial charge is 0.307 e. The van der Waals surface area contributed by atoms with E-state index >= 15 is 0 Å². The van der Waals surface area contributed by atoms with Gasteiger partial charge in [0.15, 0.2) is 0 Å². The average Bonchev–Trinajstić information content (AvgIpc) is 2.53. The minimum Gasteiger partial charge on any atom is -0.481 e. The lowest BCUT2D eigenvalue weighted by molar-refractivity contribution is -0.136. The van der Waals surface area contributed by atoms with Gasteiger partial charge in [-0.25, -0.2) is 0 Å². The van der Waals surface area contributed by atoms with E-state index in [1.807, 2.05) is 6.08 Å².